The zero-order valence-electron chi connectivity index (χ0n) is 11.4. The number of ether oxygens (including phenoxy) is 1. The molecule has 0 radical (unpaired) electrons. The topological polar surface area (TPSA) is 41.6 Å². The molecule has 1 fully saturated rings. The number of hydrogen-bond donors (Lipinski definition) is 1. The van der Waals surface area contributed by atoms with Gasteiger partial charge in [-0.25, -0.2) is 0 Å². The maximum Gasteiger partial charge on any atom is 0.223 e. The van der Waals surface area contributed by atoms with Crippen molar-refractivity contribution in [3.63, 3.8) is 0 Å². The summed E-state index contributed by atoms with van der Waals surface area (Å²) in [4.78, 5) is 14.3. The minimum absolute atomic E-state index is 0.281. The van der Waals surface area contributed by atoms with Crippen molar-refractivity contribution in [3.8, 4) is 0 Å². The molecule has 0 spiro atoms. The Kier molecular flexibility index (Phi) is 6.52. The number of carbonyl (C=O) groups excluding carboxylic acids is 1. The first-order valence-electron chi connectivity index (χ1n) is 6.68. The van der Waals surface area contributed by atoms with Crippen molar-refractivity contribution in [1.29, 1.82) is 0 Å². The van der Waals surface area contributed by atoms with Crippen molar-refractivity contribution in [2.45, 2.75) is 39.2 Å². The van der Waals surface area contributed by atoms with Gasteiger partial charge < -0.3 is 15.0 Å². The number of carbonyl (C=O) groups is 1. The third kappa shape index (κ3) is 4.64. The van der Waals surface area contributed by atoms with E-state index in [0.29, 0.717) is 25.0 Å². The Hall–Kier alpha value is -0.610. The molecular formula is C13H26N2O2. The zero-order chi connectivity index (χ0) is 12.7. The molecule has 0 saturated carbocycles. The molecule has 0 aromatic heterocycles. The van der Waals surface area contributed by atoms with Gasteiger partial charge in [-0.2, -0.15) is 0 Å². The van der Waals surface area contributed by atoms with Gasteiger partial charge in [-0.05, 0) is 38.8 Å². The van der Waals surface area contributed by atoms with Crippen LogP contribution in [0.3, 0.4) is 0 Å². The summed E-state index contributed by atoms with van der Waals surface area (Å²) in [7, 11) is 1.69. The van der Waals surface area contributed by atoms with Crippen LogP contribution in [0.15, 0.2) is 0 Å². The third-order valence-corrected chi connectivity index (χ3v) is 3.38. The molecule has 1 saturated heterocycles. The van der Waals surface area contributed by atoms with E-state index in [-0.39, 0.29) is 5.91 Å². The van der Waals surface area contributed by atoms with Gasteiger partial charge in [0.25, 0.3) is 0 Å². The Morgan fingerprint density at radius 2 is 2.12 bits per heavy atom. The van der Waals surface area contributed by atoms with Crippen molar-refractivity contribution in [3.05, 3.63) is 0 Å². The second-order valence-electron chi connectivity index (χ2n) is 4.93. The van der Waals surface area contributed by atoms with Gasteiger partial charge in [0.05, 0.1) is 0 Å². The third-order valence-electron chi connectivity index (χ3n) is 3.38. The van der Waals surface area contributed by atoms with Crippen molar-refractivity contribution >= 4 is 5.91 Å². The number of nitrogens with one attached hydrogen (secondary N) is 1. The van der Waals surface area contributed by atoms with Crippen LogP contribution in [0.4, 0.5) is 0 Å². The standard InChI is InChI=1S/C13H26N2O2/c1-4-15(12-5-7-14-8-6-12)13(16)9-11(2)10-17-3/h11-12,14H,4-10H2,1-3H3. The molecule has 0 bridgehead atoms. The number of amides is 1. The lowest BCUT2D eigenvalue weighted by Gasteiger charge is -2.34. The highest BCUT2D eigenvalue weighted by molar-refractivity contribution is 5.76. The quantitative estimate of drug-likeness (QED) is 0.762. The first kappa shape index (κ1) is 14.5. The second kappa shape index (κ2) is 7.67. The van der Waals surface area contributed by atoms with E-state index in [1.807, 2.05) is 4.90 Å². The fourth-order valence-electron chi connectivity index (χ4n) is 2.52. The lowest BCUT2D eigenvalue weighted by atomic mass is 10.0. The maximum absolute atomic E-state index is 12.2. The largest absolute Gasteiger partial charge is 0.384 e. The Labute approximate surface area is 105 Å². The Bertz CT molecular complexity index is 227. The summed E-state index contributed by atoms with van der Waals surface area (Å²) >= 11 is 0. The number of methoxy groups -OCH3 is 1. The summed E-state index contributed by atoms with van der Waals surface area (Å²) in [5, 5.41) is 3.34. The summed E-state index contributed by atoms with van der Waals surface area (Å²) < 4.78 is 5.08. The minimum Gasteiger partial charge on any atom is -0.384 e. The average Bonchev–Trinajstić information content (AvgIpc) is 2.31. The van der Waals surface area contributed by atoms with E-state index >= 15 is 0 Å². The fourth-order valence-corrected chi connectivity index (χ4v) is 2.52. The van der Waals surface area contributed by atoms with E-state index in [2.05, 4.69) is 19.2 Å². The molecular weight excluding hydrogens is 216 g/mol. The van der Waals surface area contributed by atoms with Gasteiger partial charge in [-0.3, -0.25) is 4.79 Å². The van der Waals surface area contributed by atoms with E-state index < -0.39 is 0 Å². The van der Waals surface area contributed by atoms with E-state index in [4.69, 9.17) is 4.74 Å². The molecule has 100 valence electrons. The molecule has 1 heterocycles. The van der Waals surface area contributed by atoms with Crippen molar-refractivity contribution in [1.82, 2.24) is 10.2 Å². The summed E-state index contributed by atoms with van der Waals surface area (Å²) in [5.41, 5.74) is 0. The first-order valence-corrected chi connectivity index (χ1v) is 6.68. The monoisotopic (exact) mass is 242 g/mol. The summed E-state index contributed by atoms with van der Waals surface area (Å²) in [6.45, 7) is 7.68. The Morgan fingerprint density at radius 3 is 2.65 bits per heavy atom. The van der Waals surface area contributed by atoms with Gasteiger partial charge in [0, 0.05) is 32.7 Å². The van der Waals surface area contributed by atoms with Gasteiger partial charge in [-0.1, -0.05) is 6.92 Å². The normalized spacial score (nSPS) is 19.0. The van der Waals surface area contributed by atoms with E-state index in [1.165, 1.54) is 0 Å². The molecule has 1 N–H and O–H groups in total. The molecule has 1 amide bonds. The van der Waals surface area contributed by atoms with Crippen LogP contribution in [0, 0.1) is 5.92 Å². The van der Waals surface area contributed by atoms with E-state index in [9.17, 15) is 4.79 Å². The highest BCUT2D eigenvalue weighted by Crippen LogP contribution is 2.15. The molecule has 0 aliphatic carbocycles. The van der Waals surface area contributed by atoms with Gasteiger partial charge in [0.15, 0.2) is 0 Å². The Morgan fingerprint density at radius 1 is 1.47 bits per heavy atom. The number of piperidine rings is 1. The van der Waals surface area contributed by atoms with Crippen LogP contribution in [0.2, 0.25) is 0 Å². The highest BCUT2D eigenvalue weighted by Gasteiger charge is 2.24. The second-order valence-corrected chi connectivity index (χ2v) is 4.93. The van der Waals surface area contributed by atoms with Crippen LogP contribution in [0.25, 0.3) is 0 Å². The van der Waals surface area contributed by atoms with Crippen LogP contribution in [-0.2, 0) is 9.53 Å². The summed E-state index contributed by atoms with van der Waals surface area (Å²) in [5.74, 6) is 0.590. The predicted molar refractivity (Wildman–Crippen MR) is 68.9 cm³/mol. The number of hydrogen-bond acceptors (Lipinski definition) is 3. The molecule has 1 aliphatic rings. The smallest absolute Gasteiger partial charge is 0.223 e. The van der Waals surface area contributed by atoms with Gasteiger partial charge >= 0.3 is 0 Å². The van der Waals surface area contributed by atoms with Gasteiger partial charge in [-0.15, -0.1) is 0 Å². The molecule has 1 atom stereocenters. The molecule has 0 aromatic rings. The van der Waals surface area contributed by atoms with E-state index in [0.717, 1.165) is 32.5 Å². The molecule has 4 nitrogen and oxygen atoms in total. The molecule has 1 unspecified atom stereocenters. The van der Waals surface area contributed by atoms with Crippen LogP contribution in [-0.4, -0.2) is 50.2 Å². The minimum atomic E-state index is 0.281. The van der Waals surface area contributed by atoms with Crippen molar-refractivity contribution in [2.75, 3.05) is 33.4 Å². The summed E-state index contributed by atoms with van der Waals surface area (Å²) in [6.07, 6.45) is 2.77. The molecule has 0 aromatic carbocycles. The van der Waals surface area contributed by atoms with Crippen molar-refractivity contribution < 1.29 is 9.53 Å². The zero-order valence-corrected chi connectivity index (χ0v) is 11.4. The van der Waals surface area contributed by atoms with Crippen LogP contribution in [0.1, 0.15) is 33.1 Å². The van der Waals surface area contributed by atoms with E-state index in [1.54, 1.807) is 7.11 Å². The van der Waals surface area contributed by atoms with Gasteiger partial charge in [0.1, 0.15) is 0 Å². The molecule has 17 heavy (non-hydrogen) atoms. The van der Waals surface area contributed by atoms with Crippen LogP contribution < -0.4 is 5.32 Å². The maximum atomic E-state index is 12.2. The Balaban J connectivity index is 2.45. The first-order chi connectivity index (χ1) is 8.19. The van der Waals surface area contributed by atoms with Crippen LogP contribution >= 0.6 is 0 Å². The number of rotatable bonds is 6. The lowest BCUT2D eigenvalue weighted by Crippen LogP contribution is -2.46. The average molecular weight is 242 g/mol. The number of nitrogens with zero attached hydrogens (tertiary/aromatic N) is 1. The fraction of sp³-hybridized carbons (Fsp3) is 0.923. The predicted octanol–water partition coefficient (Wildman–Crippen LogP) is 1.26. The molecule has 1 rings (SSSR count). The van der Waals surface area contributed by atoms with Crippen LogP contribution in [0.5, 0.6) is 0 Å². The SMILES string of the molecule is CCN(C(=O)CC(C)COC)C1CCNCC1. The highest BCUT2D eigenvalue weighted by atomic mass is 16.5. The molecule has 4 heteroatoms. The molecule has 1 aliphatic heterocycles. The van der Waals surface area contributed by atoms with Crippen molar-refractivity contribution in [2.24, 2.45) is 5.92 Å². The lowest BCUT2D eigenvalue weighted by molar-refractivity contribution is -0.135. The summed E-state index contributed by atoms with van der Waals surface area (Å²) in [6, 6.07) is 0.434. The van der Waals surface area contributed by atoms with Gasteiger partial charge in [0.2, 0.25) is 5.91 Å².